The Balaban J connectivity index is 3.23. The third kappa shape index (κ3) is 2.92. The molecule has 92 valence electrons. The maximum Gasteiger partial charge on any atom is 0.348 e. The van der Waals surface area contributed by atoms with Gasteiger partial charge in [-0.25, -0.2) is 4.79 Å². The molecule has 0 aliphatic carbocycles. The van der Waals surface area contributed by atoms with Gasteiger partial charge in [0.25, 0.3) is 5.69 Å². The van der Waals surface area contributed by atoms with E-state index < -0.39 is 10.9 Å². The first-order valence-corrected chi connectivity index (χ1v) is 4.94. The van der Waals surface area contributed by atoms with E-state index in [1.165, 1.54) is 12.1 Å². The van der Waals surface area contributed by atoms with Crippen molar-refractivity contribution >= 4 is 17.7 Å². The van der Waals surface area contributed by atoms with Crippen molar-refractivity contribution < 1.29 is 14.5 Å². The summed E-state index contributed by atoms with van der Waals surface area (Å²) in [6, 6.07) is 6.12. The molecule has 0 saturated heterocycles. The van der Waals surface area contributed by atoms with Crippen LogP contribution >= 0.6 is 0 Å². The summed E-state index contributed by atoms with van der Waals surface area (Å²) in [5, 5.41) is 19.5. The lowest BCUT2D eigenvalue weighted by molar-refractivity contribution is -0.385. The maximum atomic E-state index is 11.2. The van der Waals surface area contributed by atoms with Gasteiger partial charge in [0.05, 0.1) is 12.0 Å². The molecular weight excluding hydrogens is 236 g/mol. The highest BCUT2D eigenvalue weighted by atomic mass is 16.6. The number of esters is 1. The molecule has 0 aromatic heterocycles. The van der Waals surface area contributed by atoms with Crippen LogP contribution in [0.5, 0.6) is 0 Å². The van der Waals surface area contributed by atoms with Gasteiger partial charge in [-0.05, 0) is 18.6 Å². The number of hydrogen-bond acceptors (Lipinski definition) is 5. The second kappa shape index (κ2) is 5.59. The molecule has 1 aromatic rings. The highest BCUT2D eigenvalue weighted by Gasteiger charge is 2.12. The van der Waals surface area contributed by atoms with E-state index in [2.05, 4.69) is 4.74 Å². The molecule has 1 rings (SSSR count). The van der Waals surface area contributed by atoms with Crippen LogP contribution in [0.2, 0.25) is 0 Å². The van der Waals surface area contributed by atoms with Crippen molar-refractivity contribution in [3.8, 4) is 6.07 Å². The number of nitro benzene ring substituents is 1. The van der Waals surface area contributed by atoms with Crippen LogP contribution in [0.25, 0.3) is 6.08 Å². The van der Waals surface area contributed by atoms with Crippen LogP contribution in [0, 0.1) is 28.4 Å². The minimum Gasteiger partial charge on any atom is -0.465 e. The Labute approximate surface area is 103 Å². The van der Waals surface area contributed by atoms with E-state index in [0.717, 1.165) is 7.11 Å². The molecule has 6 nitrogen and oxygen atoms in total. The Morgan fingerprint density at radius 1 is 1.56 bits per heavy atom. The van der Waals surface area contributed by atoms with Gasteiger partial charge in [-0.2, -0.15) is 5.26 Å². The van der Waals surface area contributed by atoms with Crippen molar-refractivity contribution in [3.63, 3.8) is 0 Å². The van der Waals surface area contributed by atoms with Crippen LogP contribution in [0.4, 0.5) is 5.69 Å². The molecule has 1 aromatic carbocycles. The standard InChI is InChI=1S/C12H10N2O4/c1-8-3-4-9(6-11(8)14(16)17)5-10(7-13)12(15)18-2/h3-6H,1-2H3/b10-5+. The van der Waals surface area contributed by atoms with Crippen LogP contribution in [0.15, 0.2) is 23.8 Å². The third-order valence-electron chi connectivity index (χ3n) is 2.27. The lowest BCUT2D eigenvalue weighted by Crippen LogP contribution is -2.02. The zero-order valence-corrected chi connectivity index (χ0v) is 9.84. The van der Waals surface area contributed by atoms with Gasteiger partial charge in [0.1, 0.15) is 11.6 Å². The fourth-order valence-corrected chi connectivity index (χ4v) is 1.33. The van der Waals surface area contributed by atoms with Gasteiger partial charge >= 0.3 is 5.97 Å². The minimum atomic E-state index is -0.777. The van der Waals surface area contributed by atoms with E-state index >= 15 is 0 Å². The predicted octanol–water partition coefficient (Wildman–Crippen LogP) is 1.98. The quantitative estimate of drug-likeness (QED) is 0.267. The number of nitro groups is 1. The highest BCUT2D eigenvalue weighted by Crippen LogP contribution is 2.20. The lowest BCUT2D eigenvalue weighted by atomic mass is 10.1. The van der Waals surface area contributed by atoms with Gasteiger partial charge in [-0.3, -0.25) is 10.1 Å². The topological polar surface area (TPSA) is 93.2 Å². The number of hydrogen-bond donors (Lipinski definition) is 0. The van der Waals surface area contributed by atoms with Crippen LogP contribution in [0.3, 0.4) is 0 Å². The molecule has 0 atom stereocenters. The van der Waals surface area contributed by atoms with Crippen molar-refractivity contribution in [1.82, 2.24) is 0 Å². The maximum absolute atomic E-state index is 11.2. The zero-order valence-electron chi connectivity index (χ0n) is 9.84. The normalized spacial score (nSPS) is 10.6. The number of ether oxygens (including phenoxy) is 1. The number of nitrogens with zero attached hydrogens (tertiary/aromatic N) is 2. The van der Waals surface area contributed by atoms with Gasteiger partial charge in [0.2, 0.25) is 0 Å². The first-order chi connectivity index (χ1) is 8.49. The Hall–Kier alpha value is -2.68. The van der Waals surface area contributed by atoms with Crippen molar-refractivity contribution in [2.45, 2.75) is 6.92 Å². The molecular formula is C12H10N2O4. The van der Waals surface area contributed by atoms with Crippen molar-refractivity contribution in [1.29, 1.82) is 5.26 Å². The number of nitriles is 1. The molecule has 0 aliphatic rings. The van der Waals surface area contributed by atoms with E-state index in [1.54, 1.807) is 25.1 Å². The number of rotatable bonds is 3. The van der Waals surface area contributed by atoms with Crippen molar-refractivity contribution in [2.24, 2.45) is 0 Å². The summed E-state index contributed by atoms with van der Waals surface area (Å²) in [6.45, 7) is 1.61. The van der Waals surface area contributed by atoms with Crippen molar-refractivity contribution in [3.05, 3.63) is 45.0 Å². The van der Waals surface area contributed by atoms with Gasteiger partial charge in [-0.15, -0.1) is 0 Å². The molecule has 0 saturated carbocycles. The smallest absolute Gasteiger partial charge is 0.348 e. The number of carbonyl (C=O) groups is 1. The molecule has 18 heavy (non-hydrogen) atoms. The summed E-state index contributed by atoms with van der Waals surface area (Å²) < 4.78 is 4.41. The SMILES string of the molecule is COC(=O)/C(C#N)=C/c1ccc(C)c([N+](=O)[O-])c1. The summed E-state index contributed by atoms with van der Waals surface area (Å²) >= 11 is 0. The first-order valence-electron chi connectivity index (χ1n) is 4.94. The molecule has 0 fully saturated rings. The highest BCUT2D eigenvalue weighted by molar-refractivity contribution is 5.97. The van der Waals surface area contributed by atoms with E-state index in [-0.39, 0.29) is 11.3 Å². The molecule has 6 heteroatoms. The van der Waals surface area contributed by atoms with Crippen molar-refractivity contribution in [2.75, 3.05) is 7.11 Å². The Morgan fingerprint density at radius 2 is 2.22 bits per heavy atom. The molecule has 0 unspecified atom stereocenters. The fourth-order valence-electron chi connectivity index (χ4n) is 1.33. The van der Waals surface area contributed by atoms with Crippen LogP contribution in [-0.4, -0.2) is 18.0 Å². The Kier molecular flexibility index (Phi) is 4.16. The van der Waals surface area contributed by atoms with Gasteiger partial charge in [-0.1, -0.05) is 12.1 Å². The Morgan fingerprint density at radius 3 is 2.72 bits per heavy atom. The fraction of sp³-hybridized carbons (Fsp3) is 0.167. The molecule has 0 heterocycles. The molecule has 0 radical (unpaired) electrons. The predicted molar refractivity (Wildman–Crippen MR) is 63.4 cm³/mol. The first kappa shape index (κ1) is 13.4. The molecule has 0 spiro atoms. The minimum absolute atomic E-state index is 0.0640. The lowest BCUT2D eigenvalue weighted by Gasteiger charge is -2.00. The van der Waals surface area contributed by atoms with Crippen LogP contribution < -0.4 is 0 Å². The monoisotopic (exact) mass is 246 g/mol. The molecule has 0 aliphatic heterocycles. The van der Waals surface area contributed by atoms with Crippen LogP contribution in [-0.2, 0) is 9.53 Å². The zero-order chi connectivity index (χ0) is 13.7. The van der Waals surface area contributed by atoms with E-state index in [0.29, 0.717) is 11.1 Å². The summed E-state index contributed by atoms with van der Waals surface area (Å²) in [6.07, 6.45) is 1.25. The van der Waals surface area contributed by atoms with E-state index in [4.69, 9.17) is 5.26 Å². The number of benzene rings is 1. The van der Waals surface area contributed by atoms with Gasteiger partial charge < -0.3 is 4.74 Å². The summed E-state index contributed by atoms with van der Waals surface area (Å²) in [4.78, 5) is 21.4. The van der Waals surface area contributed by atoms with Gasteiger partial charge in [0, 0.05) is 11.6 Å². The average Bonchev–Trinajstić information content (AvgIpc) is 2.36. The van der Waals surface area contributed by atoms with Crippen LogP contribution in [0.1, 0.15) is 11.1 Å². The van der Waals surface area contributed by atoms with E-state index in [1.807, 2.05) is 0 Å². The number of aryl methyl sites for hydroxylation is 1. The number of carbonyl (C=O) groups excluding carboxylic acids is 1. The van der Waals surface area contributed by atoms with E-state index in [9.17, 15) is 14.9 Å². The second-order valence-corrected chi connectivity index (χ2v) is 3.46. The second-order valence-electron chi connectivity index (χ2n) is 3.46. The Bertz CT molecular complexity index is 570. The molecule has 0 bridgehead atoms. The number of methoxy groups -OCH3 is 1. The average molecular weight is 246 g/mol. The summed E-state index contributed by atoms with van der Waals surface area (Å²) in [5.41, 5.74) is 0.629. The largest absolute Gasteiger partial charge is 0.465 e. The third-order valence-corrected chi connectivity index (χ3v) is 2.27. The summed E-state index contributed by atoms with van der Waals surface area (Å²) in [7, 11) is 1.16. The summed E-state index contributed by atoms with van der Waals surface area (Å²) in [5.74, 6) is -0.777. The molecule has 0 N–H and O–H groups in total. The van der Waals surface area contributed by atoms with Gasteiger partial charge in [0.15, 0.2) is 0 Å². The molecule has 0 amide bonds.